The molecule has 0 spiro atoms. The molecule has 0 bridgehead atoms. The first-order valence-electron chi connectivity index (χ1n) is 9.95. The predicted octanol–water partition coefficient (Wildman–Crippen LogP) is 2.95. The number of hydrogen-bond acceptors (Lipinski definition) is 6. The van der Waals surface area contributed by atoms with Gasteiger partial charge in [-0.3, -0.25) is 9.59 Å². The van der Waals surface area contributed by atoms with Crippen LogP contribution >= 0.6 is 11.3 Å². The summed E-state index contributed by atoms with van der Waals surface area (Å²) in [6, 6.07) is 11.4. The first kappa shape index (κ1) is 19.7. The Balaban J connectivity index is 1.65. The van der Waals surface area contributed by atoms with Crippen molar-refractivity contribution in [2.24, 2.45) is 0 Å². The largest absolute Gasteiger partial charge is 0.395 e. The standard InChI is InChI=1S/C22H25N3O3S/c1-23(13-14-26)20-19(18-6-5-15-29-18)21(27)25(22(20)28)17-9-7-16(8-10-17)24-11-3-2-4-12-24/h5-10,15,26H,2-4,11-14H2,1H3. The number of thiophene rings is 1. The van der Waals surface area contributed by atoms with Crippen LogP contribution in [0.1, 0.15) is 24.1 Å². The lowest BCUT2D eigenvalue weighted by atomic mass is 10.1. The van der Waals surface area contributed by atoms with Crippen LogP contribution in [0.3, 0.4) is 0 Å². The van der Waals surface area contributed by atoms with Gasteiger partial charge in [-0.25, -0.2) is 4.90 Å². The number of benzene rings is 1. The highest BCUT2D eigenvalue weighted by atomic mass is 32.1. The summed E-state index contributed by atoms with van der Waals surface area (Å²) in [6.45, 7) is 2.27. The summed E-state index contributed by atoms with van der Waals surface area (Å²) in [4.78, 5) is 32.5. The molecule has 0 aliphatic carbocycles. The Labute approximate surface area is 174 Å². The van der Waals surface area contributed by atoms with Gasteiger partial charge in [0, 0.05) is 37.2 Å². The fourth-order valence-electron chi connectivity index (χ4n) is 3.98. The van der Waals surface area contributed by atoms with E-state index in [4.69, 9.17) is 0 Å². The SMILES string of the molecule is CN(CCO)C1=C(c2cccs2)C(=O)N(c2ccc(N3CCCCC3)cc2)C1=O. The lowest BCUT2D eigenvalue weighted by Gasteiger charge is -2.29. The second-order valence-corrected chi connectivity index (χ2v) is 8.30. The molecule has 0 unspecified atom stereocenters. The molecule has 1 fully saturated rings. The number of rotatable bonds is 6. The van der Waals surface area contributed by atoms with Crippen LogP contribution in [0, 0.1) is 0 Å². The Bertz CT molecular complexity index is 915. The van der Waals surface area contributed by atoms with E-state index in [0.29, 0.717) is 17.0 Å². The Kier molecular flexibility index (Phi) is 5.69. The Morgan fingerprint density at radius 1 is 1.00 bits per heavy atom. The summed E-state index contributed by atoms with van der Waals surface area (Å²) >= 11 is 1.43. The van der Waals surface area contributed by atoms with Gasteiger partial charge in [0.15, 0.2) is 0 Å². The van der Waals surface area contributed by atoms with Gasteiger partial charge in [-0.2, -0.15) is 0 Å². The van der Waals surface area contributed by atoms with Crippen molar-refractivity contribution in [2.45, 2.75) is 19.3 Å². The van der Waals surface area contributed by atoms with Crippen molar-refractivity contribution in [3.05, 3.63) is 52.4 Å². The molecule has 0 saturated carbocycles. The van der Waals surface area contributed by atoms with E-state index in [1.807, 2.05) is 41.8 Å². The van der Waals surface area contributed by atoms with Crippen LogP contribution in [0.2, 0.25) is 0 Å². The number of aliphatic hydroxyl groups is 1. The van der Waals surface area contributed by atoms with Crippen LogP contribution < -0.4 is 9.80 Å². The van der Waals surface area contributed by atoms with E-state index in [1.54, 1.807) is 11.9 Å². The fourth-order valence-corrected chi connectivity index (χ4v) is 4.74. The van der Waals surface area contributed by atoms with Crippen molar-refractivity contribution in [1.29, 1.82) is 0 Å². The smallest absolute Gasteiger partial charge is 0.282 e. The van der Waals surface area contributed by atoms with Crippen LogP contribution in [0.15, 0.2) is 47.5 Å². The average Bonchev–Trinajstić information content (AvgIpc) is 3.35. The molecule has 2 amide bonds. The normalized spacial score (nSPS) is 17.4. The quantitative estimate of drug-likeness (QED) is 0.741. The number of anilines is 2. The molecule has 1 N–H and O–H groups in total. The second kappa shape index (κ2) is 8.39. The Hall–Kier alpha value is -2.64. The van der Waals surface area contributed by atoms with Crippen molar-refractivity contribution in [3.63, 3.8) is 0 Å². The average molecular weight is 412 g/mol. The third kappa shape index (κ3) is 3.68. The van der Waals surface area contributed by atoms with Crippen LogP contribution in [-0.4, -0.2) is 55.1 Å². The Morgan fingerprint density at radius 3 is 2.31 bits per heavy atom. The van der Waals surface area contributed by atoms with E-state index in [9.17, 15) is 14.7 Å². The van der Waals surface area contributed by atoms with Gasteiger partial charge < -0.3 is 14.9 Å². The zero-order valence-electron chi connectivity index (χ0n) is 16.5. The molecule has 1 saturated heterocycles. The number of carbonyl (C=O) groups is 2. The molecule has 3 heterocycles. The molecule has 4 rings (SSSR count). The van der Waals surface area contributed by atoms with Crippen molar-refractivity contribution in [1.82, 2.24) is 4.90 Å². The highest BCUT2D eigenvalue weighted by Crippen LogP contribution is 2.36. The van der Waals surface area contributed by atoms with Gasteiger partial charge in [0.25, 0.3) is 11.8 Å². The molecule has 6 nitrogen and oxygen atoms in total. The summed E-state index contributed by atoms with van der Waals surface area (Å²) in [5.74, 6) is -0.664. The number of likely N-dealkylation sites (N-methyl/N-ethyl adjacent to an activating group) is 1. The number of hydrogen-bond donors (Lipinski definition) is 1. The van der Waals surface area contributed by atoms with Crippen molar-refractivity contribution >= 4 is 40.1 Å². The maximum atomic E-state index is 13.3. The molecule has 2 aliphatic heterocycles. The molecular weight excluding hydrogens is 386 g/mol. The fraction of sp³-hybridized carbons (Fsp3) is 0.364. The number of imide groups is 1. The second-order valence-electron chi connectivity index (χ2n) is 7.36. The third-order valence-electron chi connectivity index (χ3n) is 5.47. The Morgan fingerprint density at radius 2 is 1.69 bits per heavy atom. The molecule has 0 radical (unpaired) electrons. The number of aliphatic hydroxyl groups excluding tert-OH is 1. The van der Waals surface area contributed by atoms with E-state index >= 15 is 0 Å². The van der Waals surface area contributed by atoms with Crippen molar-refractivity contribution in [2.75, 3.05) is 43.1 Å². The zero-order chi connectivity index (χ0) is 20.4. The van der Waals surface area contributed by atoms with Crippen LogP contribution in [-0.2, 0) is 9.59 Å². The minimum Gasteiger partial charge on any atom is -0.395 e. The molecule has 0 atom stereocenters. The van der Waals surface area contributed by atoms with E-state index in [1.165, 1.54) is 35.5 Å². The number of amides is 2. The van der Waals surface area contributed by atoms with Gasteiger partial charge in [0.05, 0.1) is 17.9 Å². The minimum absolute atomic E-state index is 0.0935. The highest BCUT2D eigenvalue weighted by molar-refractivity contribution is 7.11. The summed E-state index contributed by atoms with van der Waals surface area (Å²) in [5, 5.41) is 11.2. The highest BCUT2D eigenvalue weighted by Gasteiger charge is 2.42. The maximum Gasteiger partial charge on any atom is 0.282 e. The molecule has 2 aliphatic rings. The van der Waals surface area contributed by atoms with Gasteiger partial charge >= 0.3 is 0 Å². The van der Waals surface area contributed by atoms with E-state index in [-0.39, 0.29) is 25.0 Å². The van der Waals surface area contributed by atoms with Crippen LogP contribution in [0.5, 0.6) is 0 Å². The summed E-state index contributed by atoms with van der Waals surface area (Å²) in [6.07, 6.45) is 3.66. The number of carbonyl (C=O) groups excluding carboxylic acids is 2. The van der Waals surface area contributed by atoms with Gasteiger partial charge in [0.2, 0.25) is 0 Å². The minimum atomic E-state index is -0.347. The number of piperidine rings is 1. The molecule has 1 aromatic carbocycles. The summed E-state index contributed by atoms with van der Waals surface area (Å²) in [7, 11) is 1.73. The van der Waals surface area contributed by atoms with Gasteiger partial charge in [0.1, 0.15) is 5.70 Å². The summed E-state index contributed by atoms with van der Waals surface area (Å²) in [5.41, 5.74) is 2.44. The third-order valence-corrected chi connectivity index (χ3v) is 6.36. The molecule has 29 heavy (non-hydrogen) atoms. The molecule has 152 valence electrons. The van der Waals surface area contributed by atoms with E-state index in [2.05, 4.69) is 4.90 Å². The first-order valence-corrected chi connectivity index (χ1v) is 10.8. The summed E-state index contributed by atoms with van der Waals surface area (Å²) < 4.78 is 0. The molecule has 7 heteroatoms. The predicted molar refractivity (Wildman–Crippen MR) is 116 cm³/mol. The first-order chi connectivity index (χ1) is 14.1. The van der Waals surface area contributed by atoms with Crippen LogP contribution in [0.25, 0.3) is 5.57 Å². The van der Waals surface area contributed by atoms with Crippen LogP contribution in [0.4, 0.5) is 11.4 Å². The van der Waals surface area contributed by atoms with Gasteiger partial charge in [-0.1, -0.05) is 6.07 Å². The molecule has 2 aromatic rings. The van der Waals surface area contributed by atoms with Crippen molar-refractivity contribution < 1.29 is 14.7 Å². The molecule has 1 aromatic heterocycles. The van der Waals surface area contributed by atoms with E-state index < -0.39 is 0 Å². The maximum absolute atomic E-state index is 13.3. The van der Waals surface area contributed by atoms with E-state index in [0.717, 1.165) is 23.7 Å². The van der Waals surface area contributed by atoms with Crippen molar-refractivity contribution in [3.8, 4) is 0 Å². The van der Waals surface area contributed by atoms with Gasteiger partial charge in [-0.05, 0) is 55.0 Å². The number of nitrogens with zero attached hydrogens (tertiary/aromatic N) is 3. The monoisotopic (exact) mass is 411 g/mol. The zero-order valence-corrected chi connectivity index (χ0v) is 17.3. The van der Waals surface area contributed by atoms with Gasteiger partial charge in [-0.15, -0.1) is 11.3 Å². The molecular formula is C22H25N3O3S. The lowest BCUT2D eigenvalue weighted by Crippen LogP contribution is -2.35. The topological polar surface area (TPSA) is 64.1 Å². The lowest BCUT2D eigenvalue weighted by molar-refractivity contribution is -0.120.